The molecule has 0 aliphatic carbocycles. The molecule has 0 aromatic carbocycles. The predicted octanol–water partition coefficient (Wildman–Crippen LogP) is 2.16. The first kappa shape index (κ1) is 12.0. The normalized spacial score (nSPS) is 9.83. The van der Waals surface area contributed by atoms with Gasteiger partial charge in [-0.15, -0.1) is 0 Å². The molecule has 2 heterocycles. The Morgan fingerprint density at radius 3 is 2.89 bits per heavy atom. The van der Waals surface area contributed by atoms with Gasteiger partial charge in [0.05, 0.1) is 11.3 Å². The molecule has 2 rings (SSSR count). The van der Waals surface area contributed by atoms with Crippen molar-refractivity contribution in [2.24, 2.45) is 0 Å². The van der Waals surface area contributed by atoms with Crippen molar-refractivity contribution in [1.82, 2.24) is 9.97 Å². The number of nitrogens with one attached hydrogen (secondary N) is 2. The molecule has 5 heteroatoms. The van der Waals surface area contributed by atoms with E-state index in [4.69, 9.17) is 0 Å². The van der Waals surface area contributed by atoms with Gasteiger partial charge in [0.25, 0.3) is 5.91 Å². The Kier molecular flexibility index (Phi) is 3.86. The Balaban J connectivity index is 2.19. The second-order valence-electron chi connectivity index (χ2n) is 3.62. The molecule has 18 heavy (non-hydrogen) atoms. The highest BCUT2D eigenvalue weighted by Crippen LogP contribution is 2.14. The van der Waals surface area contributed by atoms with Crippen LogP contribution in [0.15, 0.2) is 42.9 Å². The van der Waals surface area contributed by atoms with E-state index in [1.165, 1.54) is 6.20 Å². The second kappa shape index (κ2) is 5.77. The van der Waals surface area contributed by atoms with Crippen LogP contribution in [0.1, 0.15) is 17.3 Å². The monoisotopic (exact) mass is 242 g/mol. The molecule has 0 fully saturated rings. The molecule has 0 saturated heterocycles. The van der Waals surface area contributed by atoms with E-state index < -0.39 is 0 Å². The molecule has 92 valence electrons. The molecule has 0 aliphatic heterocycles. The number of rotatable bonds is 4. The van der Waals surface area contributed by atoms with Gasteiger partial charge >= 0.3 is 0 Å². The SMILES string of the molecule is CCNc1ccncc1C(=O)Nc1ccccn1. The van der Waals surface area contributed by atoms with E-state index >= 15 is 0 Å². The molecule has 0 aliphatic rings. The summed E-state index contributed by atoms with van der Waals surface area (Å²) in [6.07, 6.45) is 4.82. The number of carbonyl (C=O) groups is 1. The molecule has 5 nitrogen and oxygen atoms in total. The number of pyridine rings is 2. The maximum atomic E-state index is 12.1. The van der Waals surface area contributed by atoms with E-state index in [0.29, 0.717) is 11.4 Å². The summed E-state index contributed by atoms with van der Waals surface area (Å²) in [6, 6.07) is 7.12. The number of hydrogen-bond acceptors (Lipinski definition) is 4. The minimum Gasteiger partial charge on any atom is -0.385 e. The van der Waals surface area contributed by atoms with Crippen molar-refractivity contribution in [2.45, 2.75) is 6.92 Å². The van der Waals surface area contributed by atoms with Crippen LogP contribution in [0.25, 0.3) is 0 Å². The fraction of sp³-hybridized carbons (Fsp3) is 0.154. The van der Waals surface area contributed by atoms with Gasteiger partial charge in [0.2, 0.25) is 0 Å². The number of hydrogen-bond donors (Lipinski definition) is 2. The maximum absolute atomic E-state index is 12.1. The molecule has 0 unspecified atom stereocenters. The first-order valence-electron chi connectivity index (χ1n) is 5.71. The molecular formula is C13H14N4O. The second-order valence-corrected chi connectivity index (χ2v) is 3.62. The third-order valence-electron chi connectivity index (χ3n) is 2.34. The molecule has 2 aromatic heterocycles. The van der Waals surface area contributed by atoms with Crippen molar-refractivity contribution in [3.8, 4) is 0 Å². The van der Waals surface area contributed by atoms with Crippen molar-refractivity contribution in [3.63, 3.8) is 0 Å². The van der Waals surface area contributed by atoms with Gasteiger partial charge < -0.3 is 10.6 Å². The summed E-state index contributed by atoms with van der Waals surface area (Å²) in [7, 11) is 0. The van der Waals surface area contributed by atoms with Gasteiger partial charge in [-0.2, -0.15) is 0 Å². The van der Waals surface area contributed by atoms with Crippen molar-refractivity contribution in [1.29, 1.82) is 0 Å². The Morgan fingerprint density at radius 1 is 1.28 bits per heavy atom. The van der Waals surface area contributed by atoms with E-state index in [2.05, 4.69) is 20.6 Å². The van der Waals surface area contributed by atoms with Crippen LogP contribution in [-0.4, -0.2) is 22.4 Å². The van der Waals surface area contributed by atoms with Crippen LogP contribution in [-0.2, 0) is 0 Å². The van der Waals surface area contributed by atoms with Crippen LogP contribution in [0.4, 0.5) is 11.5 Å². The van der Waals surface area contributed by atoms with E-state index in [9.17, 15) is 4.79 Å². The first-order chi connectivity index (χ1) is 8.81. The summed E-state index contributed by atoms with van der Waals surface area (Å²) in [5.41, 5.74) is 1.27. The van der Waals surface area contributed by atoms with Gasteiger partial charge in [-0.3, -0.25) is 9.78 Å². The van der Waals surface area contributed by atoms with E-state index in [0.717, 1.165) is 12.2 Å². The number of anilines is 2. The maximum Gasteiger partial charge on any atom is 0.260 e. The van der Waals surface area contributed by atoms with Gasteiger partial charge in [0.15, 0.2) is 0 Å². The predicted molar refractivity (Wildman–Crippen MR) is 70.6 cm³/mol. The summed E-state index contributed by atoms with van der Waals surface area (Å²) < 4.78 is 0. The summed E-state index contributed by atoms with van der Waals surface area (Å²) in [6.45, 7) is 2.72. The molecule has 2 aromatic rings. The molecular weight excluding hydrogens is 228 g/mol. The van der Waals surface area contributed by atoms with Gasteiger partial charge in [-0.25, -0.2) is 4.98 Å². The van der Waals surface area contributed by atoms with Crippen LogP contribution < -0.4 is 10.6 Å². The number of carbonyl (C=O) groups excluding carboxylic acids is 1. The summed E-state index contributed by atoms with van der Waals surface area (Å²) in [5, 5.41) is 5.85. The Bertz CT molecular complexity index is 528. The molecule has 0 spiro atoms. The lowest BCUT2D eigenvalue weighted by Crippen LogP contribution is -2.15. The van der Waals surface area contributed by atoms with Crippen LogP contribution in [0.3, 0.4) is 0 Å². The fourth-order valence-corrected chi connectivity index (χ4v) is 1.54. The van der Waals surface area contributed by atoms with Crippen LogP contribution in [0.2, 0.25) is 0 Å². The largest absolute Gasteiger partial charge is 0.385 e. The van der Waals surface area contributed by atoms with Crippen molar-refractivity contribution in [2.75, 3.05) is 17.2 Å². The van der Waals surface area contributed by atoms with Crippen molar-refractivity contribution in [3.05, 3.63) is 48.4 Å². The average Bonchev–Trinajstić information content (AvgIpc) is 2.41. The van der Waals surface area contributed by atoms with Crippen molar-refractivity contribution >= 4 is 17.4 Å². The van der Waals surface area contributed by atoms with Gasteiger partial charge in [-0.05, 0) is 25.1 Å². The quantitative estimate of drug-likeness (QED) is 0.862. The van der Waals surface area contributed by atoms with Crippen LogP contribution >= 0.6 is 0 Å². The number of nitrogens with zero attached hydrogens (tertiary/aromatic N) is 2. The highest BCUT2D eigenvalue weighted by Gasteiger charge is 2.11. The summed E-state index contributed by atoms with van der Waals surface area (Å²) in [5.74, 6) is 0.298. The molecule has 0 radical (unpaired) electrons. The highest BCUT2D eigenvalue weighted by atomic mass is 16.1. The van der Waals surface area contributed by atoms with E-state index in [1.54, 1.807) is 30.6 Å². The fourth-order valence-electron chi connectivity index (χ4n) is 1.54. The Hall–Kier alpha value is -2.43. The van der Waals surface area contributed by atoms with Crippen LogP contribution in [0.5, 0.6) is 0 Å². The zero-order chi connectivity index (χ0) is 12.8. The lowest BCUT2D eigenvalue weighted by atomic mass is 10.2. The molecule has 0 atom stereocenters. The van der Waals surface area contributed by atoms with E-state index in [-0.39, 0.29) is 5.91 Å². The Morgan fingerprint density at radius 2 is 2.17 bits per heavy atom. The first-order valence-corrected chi connectivity index (χ1v) is 5.71. The minimum atomic E-state index is -0.224. The zero-order valence-corrected chi connectivity index (χ0v) is 10.1. The summed E-state index contributed by atoms with van der Waals surface area (Å²) >= 11 is 0. The van der Waals surface area contributed by atoms with Gasteiger partial charge in [0, 0.05) is 25.1 Å². The lowest BCUT2D eigenvalue weighted by molar-refractivity contribution is 0.102. The third kappa shape index (κ3) is 2.82. The molecule has 1 amide bonds. The van der Waals surface area contributed by atoms with Crippen molar-refractivity contribution < 1.29 is 4.79 Å². The number of amides is 1. The molecule has 0 saturated carbocycles. The third-order valence-corrected chi connectivity index (χ3v) is 2.34. The topological polar surface area (TPSA) is 66.9 Å². The zero-order valence-electron chi connectivity index (χ0n) is 10.1. The smallest absolute Gasteiger partial charge is 0.260 e. The highest BCUT2D eigenvalue weighted by molar-refractivity contribution is 6.07. The van der Waals surface area contributed by atoms with Crippen LogP contribution in [0, 0.1) is 0 Å². The standard InChI is InChI=1S/C13H14N4O/c1-2-15-11-6-8-14-9-10(11)13(18)17-12-5-3-4-7-16-12/h3-9H,2H2,1H3,(H,14,15)(H,16,17,18). The summed E-state index contributed by atoms with van der Waals surface area (Å²) in [4.78, 5) is 20.1. The minimum absolute atomic E-state index is 0.224. The molecule has 2 N–H and O–H groups in total. The lowest BCUT2D eigenvalue weighted by Gasteiger charge is -2.09. The van der Waals surface area contributed by atoms with Gasteiger partial charge in [-0.1, -0.05) is 6.07 Å². The average molecular weight is 242 g/mol. The van der Waals surface area contributed by atoms with Gasteiger partial charge in [0.1, 0.15) is 5.82 Å². The Labute approximate surface area is 105 Å². The molecule has 0 bridgehead atoms. The number of aromatic nitrogens is 2. The van der Waals surface area contributed by atoms with E-state index in [1.807, 2.05) is 13.0 Å².